The van der Waals surface area contributed by atoms with Crippen LogP contribution < -0.4 is 0 Å². The molecule has 0 rings (SSSR count). The number of nitrogens with zero attached hydrogens (tertiary/aromatic N) is 2. The van der Waals surface area contributed by atoms with Crippen molar-refractivity contribution in [2.75, 3.05) is 20.6 Å². The van der Waals surface area contributed by atoms with Crippen LogP contribution in [-0.2, 0) is 0 Å². The molecule has 0 bridgehead atoms. The number of hydrogen-bond donors (Lipinski definition) is 0. The van der Waals surface area contributed by atoms with E-state index in [1.165, 1.54) is 37.9 Å². The van der Waals surface area contributed by atoms with Gasteiger partial charge in [-0.3, -0.25) is 4.99 Å². The van der Waals surface area contributed by atoms with E-state index >= 15 is 0 Å². The lowest BCUT2D eigenvalue weighted by Gasteiger charge is -2.17. The summed E-state index contributed by atoms with van der Waals surface area (Å²) < 4.78 is 0. The number of unbranched alkanes of at least 4 members (excludes halogenated alkanes) is 4. The summed E-state index contributed by atoms with van der Waals surface area (Å²) in [6.45, 7) is 7.76. The zero-order valence-corrected chi connectivity index (χ0v) is 11.9. The maximum absolute atomic E-state index is 4.70. The second-order valence-corrected chi connectivity index (χ2v) is 5.20. The molecule has 16 heavy (non-hydrogen) atoms. The van der Waals surface area contributed by atoms with E-state index in [1.807, 2.05) is 0 Å². The van der Waals surface area contributed by atoms with E-state index in [-0.39, 0.29) is 0 Å². The van der Waals surface area contributed by atoms with Crippen molar-refractivity contribution in [2.24, 2.45) is 10.9 Å². The Morgan fingerprint density at radius 2 is 1.69 bits per heavy atom. The van der Waals surface area contributed by atoms with Crippen molar-refractivity contribution < 1.29 is 0 Å². The van der Waals surface area contributed by atoms with E-state index in [4.69, 9.17) is 4.99 Å². The van der Waals surface area contributed by atoms with Crippen molar-refractivity contribution in [1.29, 1.82) is 0 Å². The zero-order chi connectivity index (χ0) is 12.4. The first kappa shape index (κ1) is 15.5. The molecule has 0 N–H and O–H groups in total. The maximum atomic E-state index is 4.70. The molecule has 0 radical (unpaired) electrons. The minimum atomic E-state index is 0.696. The zero-order valence-electron chi connectivity index (χ0n) is 11.9. The Hall–Kier alpha value is -0.530. The highest BCUT2D eigenvalue weighted by molar-refractivity contribution is 5.81. The Labute approximate surface area is 102 Å². The number of rotatable bonds is 8. The van der Waals surface area contributed by atoms with Crippen LogP contribution in [-0.4, -0.2) is 31.4 Å². The molecule has 2 nitrogen and oxygen atoms in total. The van der Waals surface area contributed by atoms with Gasteiger partial charge in [-0.25, -0.2) is 0 Å². The molecule has 0 aromatic carbocycles. The molecule has 0 aromatic rings. The van der Waals surface area contributed by atoms with Gasteiger partial charge in [-0.05, 0) is 12.3 Å². The van der Waals surface area contributed by atoms with Crippen LogP contribution in [0.3, 0.4) is 0 Å². The van der Waals surface area contributed by atoms with Gasteiger partial charge >= 0.3 is 0 Å². The van der Waals surface area contributed by atoms with Gasteiger partial charge < -0.3 is 4.90 Å². The standard InChI is InChI=1S/C14H30N2/c1-6-7-8-9-10-11-15-14(16(4)5)12-13(2)3/h13H,6-12H2,1-5H3. The van der Waals surface area contributed by atoms with Crippen molar-refractivity contribution in [3.05, 3.63) is 0 Å². The van der Waals surface area contributed by atoms with Crippen molar-refractivity contribution in [3.63, 3.8) is 0 Å². The summed E-state index contributed by atoms with van der Waals surface area (Å²) in [7, 11) is 4.19. The largest absolute Gasteiger partial charge is 0.366 e. The van der Waals surface area contributed by atoms with Gasteiger partial charge in [0.1, 0.15) is 0 Å². The second-order valence-electron chi connectivity index (χ2n) is 5.20. The molecule has 2 heteroatoms. The van der Waals surface area contributed by atoms with Gasteiger partial charge in [-0.15, -0.1) is 0 Å². The predicted molar refractivity (Wildman–Crippen MR) is 74.2 cm³/mol. The van der Waals surface area contributed by atoms with Gasteiger partial charge in [0.15, 0.2) is 0 Å². The van der Waals surface area contributed by atoms with Crippen molar-refractivity contribution >= 4 is 5.84 Å². The summed E-state index contributed by atoms with van der Waals surface area (Å²) in [4.78, 5) is 6.86. The van der Waals surface area contributed by atoms with Gasteiger partial charge in [0.25, 0.3) is 0 Å². The van der Waals surface area contributed by atoms with E-state index < -0.39 is 0 Å². The average molecular weight is 226 g/mol. The first-order chi connectivity index (χ1) is 7.57. The molecule has 0 saturated heterocycles. The monoisotopic (exact) mass is 226 g/mol. The fourth-order valence-electron chi connectivity index (χ4n) is 1.68. The lowest BCUT2D eigenvalue weighted by Crippen LogP contribution is -2.24. The van der Waals surface area contributed by atoms with Crippen LogP contribution >= 0.6 is 0 Å². The van der Waals surface area contributed by atoms with Crippen LogP contribution in [0.25, 0.3) is 0 Å². The Kier molecular flexibility index (Phi) is 9.36. The van der Waals surface area contributed by atoms with E-state index in [2.05, 4.69) is 39.8 Å². The summed E-state index contributed by atoms with van der Waals surface area (Å²) >= 11 is 0. The van der Waals surface area contributed by atoms with Gasteiger partial charge in [-0.2, -0.15) is 0 Å². The predicted octanol–water partition coefficient (Wildman–Crippen LogP) is 3.96. The first-order valence-corrected chi connectivity index (χ1v) is 6.78. The van der Waals surface area contributed by atoms with Gasteiger partial charge in [0.2, 0.25) is 0 Å². The fourth-order valence-corrected chi connectivity index (χ4v) is 1.68. The van der Waals surface area contributed by atoms with Crippen LogP contribution in [0.4, 0.5) is 0 Å². The van der Waals surface area contributed by atoms with Gasteiger partial charge in [-0.1, -0.05) is 46.5 Å². The molecule has 0 unspecified atom stereocenters. The lowest BCUT2D eigenvalue weighted by molar-refractivity contribution is 0.556. The quantitative estimate of drug-likeness (QED) is 0.347. The molecule has 0 aliphatic rings. The third kappa shape index (κ3) is 8.75. The van der Waals surface area contributed by atoms with Crippen molar-refractivity contribution in [1.82, 2.24) is 4.90 Å². The van der Waals surface area contributed by atoms with Gasteiger partial charge in [0, 0.05) is 27.1 Å². The van der Waals surface area contributed by atoms with E-state index in [1.54, 1.807) is 0 Å². The molecule has 0 aromatic heterocycles. The van der Waals surface area contributed by atoms with Crippen LogP contribution in [0.15, 0.2) is 4.99 Å². The number of hydrogen-bond acceptors (Lipinski definition) is 1. The number of amidine groups is 1. The molecular weight excluding hydrogens is 196 g/mol. The number of aliphatic imine (C=N–C) groups is 1. The summed E-state index contributed by atoms with van der Waals surface area (Å²) in [6.07, 6.45) is 7.74. The van der Waals surface area contributed by atoms with Crippen LogP contribution in [0.1, 0.15) is 59.3 Å². The highest BCUT2D eigenvalue weighted by Gasteiger charge is 2.04. The maximum Gasteiger partial charge on any atom is 0.0986 e. The van der Waals surface area contributed by atoms with E-state index in [0.29, 0.717) is 5.92 Å². The second kappa shape index (κ2) is 9.68. The van der Waals surface area contributed by atoms with Crippen molar-refractivity contribution in [2.45, 2.75) is 59.3 Å². The summed E-state index contributed by atoms with van der Waals surface area (Å²) in [5.41, 5.74) is 0. The molecule has 0 saturated carbocycles. The summed E-state index contributed by atoms with van der Waals surface area (Å²) in [6, 6.07) is 0. The molecule has 0 amide bonds. The SMILES string of the molecule is CCCCCCCN=C(CC(C)C)N(C)C. The van der Waals surface area contributed by atoms with Crippen LogP contribution in [0.2, 0.25) is 0 Å². The summed E-state index contributed by atoms with van der Waals surface area (Å²) in [5, 5.41) is 0. The third-order valence-corrected chi connectivity index (χ3v) is 2.66. The van der Waals surface area contributed by atoms with Crippen molar-refractivity contribution in [3.8, 4) is 0 Å². The molecule has 0 heterocycles. The highest BCUT2D eigenvalue weighted by Crippen LogP contribution is 2.06. The molecule has 0 atom stereocenters. The van der Waals surface area contributed by atoms with Gasteiger partial charge in [0.05, 0.1) is 5.84 Å². The Morgan fingerprint density at radius 3 is 2.19 bits per heavy atom. The first-order valence-electron chi connectivity index (χ1n) is 6.78. The Balaban J connectivity index is 3.77. The topological polar surface area (TPSA) is 15.6 Å². The lowest BCUT2D eigenvalue weighted by atomic mass is 10.1. The average Bonchev–Trinajstić information content (AvgIpc) is 2.20. The Bertz CT molecular complexity index is 183. The fraction of sp³-hybridized carbons (Fsp3) is 0.929. The molecule has 0 aliphatic heterocycles. The minimum Gasteiger partial charge on any atom is -0.366 e. The van der Waals surface area contributed by atoms with Crippen LogP contribution in [0.5, 0.6) is 0 Å². The normalized spacial score (nSPS) is 12.2. The van der Waals surface area contributed by atoms with Crippen LogP contribution in [0, 0.1) is 5.92 Å². The smallest absolute Gasteiger partial charge is 0.0986 e. The van der Waals surface area contributed by atoms with E-state index in [0.717, 1.165) is 13.0 Å². The molecule has 0 fully saturated rings. The molecule has 96 valence electrons. The van der Waals surface area contributed by atoms with E-state index in [9.17, 15) is 0 Å². The summed E-state index contributed by atoms with van der Waals surface area (Å²) in [5.74, 6) is 1.95. The Morgan fingerprint density at radius 1 is 1.06 bits per heavy atom. The molecule has 0 spiro atoms. The highest BCUT2D eigenvalue weighted by atomic mass is 15.1. The minimum absolute atomic E-state index is 0.696. The molecular formula is C14H30N2. The molecule has 0 aliphatic carbocycles. The third-order valence-electron chi connectivity index (χ3n) is 2.66.